The molecule has 0 bridgehead atoms. The first-order chi connectivity index (χ1) is 9.85. The van der Waals surface area contributed by atoms with Crippen LogP contribution >= 0.6 is 0 Å². The Morgan fingerprint density at radius 2 is 2.10 bits per heavy atom. The molecule has 2 atom stereocenters. The number of carboxylic acids is 1. The van der Waals surface area contributed by atoms with E-state index in [1.54, 1.807) is 0 Å². The topological polar surface area (TPSA) is 134 Å². The molecule has 0 heterocycles. The maximum atomic E-state index is 11.2. The minimum absolute atomic E-state index is 0.0263. The second kappa shape index (κ2) is 7.28. The number of carbonyl (C=O) groups is 1. The van der Waals surface area contributed by atoms with E-state index < -0.39 is 12.0 Å². The molecule has 0 saturated heterocycles. The molecule has 7 nitrogen and oxygen atoms in total. The lowest BCUT2D eigenvalue weighted by Gasteiger charge is -2.14. The van der Waals surface area contributed by atoms with Gasteiger partial charge in [-0.3, -0.25) is 4.99 Å². The van der Waals surface area contributed by atoms with Gasteiger partial charge in [-0.25, -0.2) is 9.79 Å². The predicted octanol–water partition coefficient (Wildman–Crippen LogP) is 1.22. The average molecular weight is 292 g/mol. The van der Waals surface area contributed by atoms with Gasteiger partial charge in [-0.1, -0.05) is 20.3 Å². The highest BCUT2D eigenvalue weighted by Gasteiger charge is 2.21. The second-order valence-electron chi connectivity index (χ2n) is 4.73. The second-order valence-corrected chi connectivity index (χ2v) is 4.73. The zero-order chi connectivity index (χ0) is 16.0. The summed E-state index contributed by atoms with van der Waals surface area (Å²) in [5, 5.41) is 18.9. The Morgan fingerprint density at radius 3 is 2.62 bits per heavy atom. The van der Waals surface area contributed by atoms with Crippen molar-refractivity contribution < 1.29 is 15.0 Å². The van der Waals surface area contributed by atoms with Crippen LogP contribution in [0.15, 0.2) is 28.2 Å². The third-order valence-corrected chi connectivity index (χ3v) is 3.08. The molecular formula is C14H20N4O3. The van der Waals surface area contributed by atoms with Gasteiger partial charge in [0.25, 0.3) is 0 Å². The van der Waals surface area contributed by atoms with E-state index in [0.717, 1.165) is 0 Å². The van der Waals surface area contributed by atoms with E-state index in [0.29, 0.717) is 17.7 Å². The number of phenolic OH excluding ortho intramolecular Hbond substituents is 1. The number of nitrogens with two attached hydrogens (primary N) is 2. The number of guanidine groups is 1. The highest BCUT2D eigenvalue weighted by molar-refractivity contribution is 5.88. The summed E-state index contributed by atoms with van der Waals surface area (Å²) in [5.74, 6) is -1.24. The third kappa shape index (κ3) is 4.79. The molecule has 1 rings (SSSR count). The summed E-state index contributed by atoms with van der Waals surface area (Å²) < 4.78 is 0. The van der Waals surface area contributed by atoms with E-state index in [4.69, 9.17) is 16.6 Å². The van der Waals surface area contributed by atoms with Gasteiger partial charge in [0.2, 0.25) is 0 Å². The van der Waals surface area contributed by atoms with E-state index >= 15 is 0 Å². The Morgan fingerprint density at radius 1 is 1.43 bits per heavy atom. The lowest BCUT2D eigenvalue weighted by atomic mass is 10.00. The predicted molar refractivity (Wildman–Crippen MR) is 82.0 cm³/mol. The maximum Gasteiger partial charge on any atom is 0.328 e. The summed E-state index contributed by atoms with van der Waals surface area (Å²) in [6.45, 7) is 3.71. The average Bonchev–Trinajstić information content (AvgIpc) is 2.41. The van der Waals surface area contributed by atoms with Gasteiger partial charge in [0.15, 0.2) is 5.96 Å². The summed E-state index contributed by atoms with van der Waals surface area (Å²) in [7, 11) is 0. The van der Waals surface area contributed by atoms with Crippen LogP contribution in [0.1, 0.15) is 25.8 Å². The number of aliphatic imine (C=N–C) groups is 2. The first-order valence-corrected chi connectivity index (χ1v) is 6.53. The molecule has 0 aliphatic heterocycles. The Balaban J connectivity index is 3.07. The highest BCUT2D eigenvalue weighted by Crippen LogP contribution is 2.22. The number of carboxylic acid groups (broad SMARTS) is 1. The Bertz CT molecular complexity index is 565. The number of rotatable bonds is 6. The van der Waals surface area contributed by atoms with Crippen LogP contribution in [0, 0.1) is 5.92 Å². The third-order valence-electron chi connectivity index (χ3n) is 3.08. The van der Waals surface area contributed by atoms with Gasteiger partial charge < -0.3 is 21.7 Å². The van der Waals surface area contributed by atoms with Gasteiger partial charge >= 0.3 is 5.97 Å². The molecule has 0 unspecified atom stereocenters. The van der Waals surface area contributed by atoms with Crippen LogP contribution in [0.25, 0.3) is 0 Å². The van der Waals surface area contributed by atoms with Crippen molar-refractivity contribution in [3.63, 3.8) is 0 Å². The smallest absolute Gasteiger partial charge is 0.328 e. The molecule has 1 aromatic carbocycles. The summed E-state index contributed by atoms with van der Waals surface area (Å²) in [4.78, 5) is 19.1. The van der Waals surface area contributed by atoms with Crippen LogP contribution in [0.2, 0.25) is 0 Å². The fraction of sp³-hybridized carbons (Fsp3) is 0.357. The van der Waals surface area contributed by atoms with Crippen LogP contribution in [0.5, 0.6) is 5.75 Å². The molecule has 0 aromatic heterocycles. The van der Waals surface area contributed by atoms with Crippen molar-refractivity contribution in [1.29, 1.82) is 0 Å². The molecule has 0 spiro atoms. The van der Waals surface area contributed by atoms with Crippen molar-refractivity contribution in [2.75, 3.05) is 0 Å². The van der Waals surface area contributed by atoms with Crippen molar-refractivity contribution in [3.05, 3.63) is 23.8 Å². The van der Waals surface area contributed by atoms with E-state index in [-0.39, 0.29) is 17.6 Å². The SMILES string of the molecule is CC[C@H](C)[C@H](N=Cc1cc(N=C(N)N)ccc1O)C(=O)O. The minimum atomic E-state index is -1.000. The van der Waals surface area contributed by atoms with Gasteiger partial charge in [0, 0.05) is 11.8 Å². The van der Waals surface area contributed by atoms with Gasteiger partial charge in [-0.05, 0) is 24.1 Å². The number of benzene rings is 1. The number of aliphatic carboxylic acids is 1. The van der Waals surface area contributed by atoms with Crippen molar-refractivity contribution in [2.45, 2.75) is 26.3 Å². The Labute approximate surface area is 123 Å². The van der Waals surface area contributed by atoms with Gasteiger partial charge in [0.05, 0.1) is 5.69 Å². The molecule has 21 heavy (non-hydrogen) atoms. The molecule has 7 heteroatoms. The molecule has 114 valence electrons. The van der Waals surface area contributed by atoms with Crippen LogP contribution in [-0.2, 0) is 4.79 Å². The summed E-state index contributed by atoms with van der Waals surface area (Å²) in [5.41, 5.74) is 11.4. The number of aromatic hydroxyl groups is 1. The molecule has 0 aliphatic rings. The molecule has 0 fully saturated rings. The first kappa shape index (κ1) is 16.5. The van der Waals surface area contributed by atoms with Gasteiger partial charge in [-0.15, -0.1) is 0 Å². The lowest BCUT2D eigenvalue weighted by molar-refractivity contribution is -0.139. The van der Waals surface area contributed by atoms with E-state index in [1.807, 2.05) is 13.8 Å². The van der Waals surface area contributed by atoms with E-state index in [1.165, 1.54) is 24.4 Å². The molecule has 0 amide bonds. The van der Waals surface area contributed by atoms with E-state index in [9.17, 15) is 9.90 Å². The number of phenols is 1. The number of hydrogen-bond acceptors (Lipinski definition) is 4. The number of hydrogen-bond donors (Lipinski definition) is 4. The van der Waals surface area contributed by atoms with Crippen molar-refractivity contribution in [2.24, 2.45) is 27.4 Å². The van der Waals surface area contributed by atoms with Gasteiger partial charge in [0.1, 0.15) is 11.8 Å². The largest absolute Gasteiger partial charge is 0.507 e. The standard InChI is InChI=1S/C14H20N4O3/c1-3-8(2)12(13(20)21)17-7-9-6-10(18-14(15)16)4-5-11(9)19/h4-8,12,19H,3H2,1-2H3,(H,20,21)(H4,15,16,18)/t8-,12-/m0/s1. The van der Waals surface area contributed by atoms with E-state index in [2.05, 4.69) is 9.98 Å². The van der Waals surface area contributed by atoms with Crippen LogP contribution in [0.3, 0.4) is 0 Å². The van der Waals surface area contributed by atoms with Gasteiger partial charge in [-0.2, -0.15) is 0 Å². The Kier molecular flexibility index (Phi) is 5.71. The zero-order valence-corrected chi connectivity index (χ0v) is 12.0. The quantitative estimate of drug-likeness (QED) is 0.462. The fourth-order valence-electron chi connectivity index (χ4n) is 1.70. The molecule has 0 radical (unpaired) electrons. The molecule has 0 aliphatic carbocycles. The zero-order valence-electron chi connectivity index (χ0n) is 12.0. The Hall–Kier alpha value is -2.57. The highest BCUT2D eigenvalue weighted by atomic mass is 16.4. The first-order valence-electron chi connectivity index (χ1n) is 6.53. The summed E-state index contributed by atoms with van der Waals surface area (Å²) in [6.07, 6.45) is 2.01. The molecule has 0 saturated carbocycles. The maximum absolute atomic E-state index is 11.2. The van der Waals surface area contributed by atoms with Crippen molar-refractivity contribution in [1.82, 2.24) is 0 Å². The normalized spacial score (nSPS) is 13.8. The molecule has 1 aromatic rings. The molecular weight excluding hydrogens is 272 g/mol. The summed E-state index contributed by atoms with van der Waals surface area (Å²) >= 11 is 0. The van der Waals surface area contributed by atoms with Crippen LogP contribution in [-0.4, -0.2) is 34.4 Å². The van der Waals surface area contributed by atoms with Crippen LogP contribution in [0.4, 0.5) is 5.69 Å². The fourth-order valence-corrected chi connectivity index (χ4v) is 1.70. The van der Waals surface area contributed by atoms with Crippen LogP contribution < -0.4 is 11.5 Å². The lowest BCUT2D eigenvalue weighted by Crippen LogP contribution is -2.25. The van der Waals surface area contributed by atoms with Crippen molar-refractivity contribution >= 4 is 23.8 Å². The van der Waals surface area contributed by atoms with Crippen molar-refractivity contribution in [3.8, 4) is 5.75 Å². The number of nitrogens with zero attached hydrogens (tertiary/aromatic N) is 2. The summed E-state index contributed by atoms with van der Waals surface area (Å²) in [6, 6.07) is 3.62. The molecule has 6 N–H and O–H groups in total. The minimum Gasteiger partial charge on any atom is -0.507 e. The monoisotopic (exact) mass is 292 g/mol.